The molecule has 0 aliphatic carbocycles. The molecular weight excluding hydrogens is 294 g/mol. The van der Waals surface area contributed by atoms with Gasteiger partial charge in [-0.2, -0.15) is 0 Å². The Morgan fingerprint density at radius 3 is 2.43 bits per heavy atom. The van der Waals surface area contributed by atoms with Gasteiger partial charge in [-0.1, -0.05) is 32.0 Å². The molecule has 0 aliphatic heterocycles. The van der Waals surface area contributed by atoms with Crippen LogP contribution in [0.1, 0.15) is 26.3 Å². The molecule has 0 bridgehead atoms. The highest BCUT2D eigenvalue weighted by molar-refractivity contribution is 5.86. The van der Waals surface area contributed by atoms with Crippen LogP contribution in [-0.4, -0.2) is 43.6 Å². The minimum Gasteiger partial charge on any atom is -0.493 e. The van der Waals surface area contributed by atoms with Crippen LogP contribution in [0.3, 0.4) is 0 Å². The second-order valence-electron chi connectivity index (χ2n) is 6.09. The van der Waals surface area contributed by atoms with E-state index in [1.54, 1.807) is 21.0 Å². The minimum absolute atomic E-state index is 0.152. The van der Waals surface area contributed by atoms with Gasteiger partial charge in [0.2, 0.25) is 5.91 Å². The summed E-state index contributed by atoms with van der Waals surface area (Å²) in [6.07, 6.45) is 0. The molecule has 0 aromatic heterocycles. The molecule has 128 valence electrons. The summed E-state index contributed by atoms with van der Waals surface area (Å²) < 4.78 is 5.75. The van der Waals surface area contributed by atoms with E-state index in [4.69, 9.17) is 4.74 Å². The topological polar surface area (TPSA) is 70.7 Å². The van der Waals surface area contributed by atoms with Crippen molar-refractivity contribution in [2.45, 2.75) is 33.4 Å². The number of ether oxygens (including phenoxy) is 1. The van der Waals surface area contributed by atoms with Crippen molar-refractivity contribution in [1.82, 2.24) is 15.5 Å². The molecule has 2 N–H and O–H groups in total. The van der Waals surface area contributed by atoms with Gasteiger partial charge in [0.05, 0.1) is 6.61 Å². The van der Waals surface area contributed by atoms with E-state index in [9.17, 15) is 9.59 Å². The van der Waals surface area contributed by atoms with E-state index in [-0.39, 0.29) is 11.9 Å². The van der Waals surface area contributed by atoms with E-state index in [1.165, 1.54) is 4.90 Å². The van der Waals surface area contributed by atoms with Gasteiger partial charge in [0.15, 0.2) is 0 Å². The van der Waals surface area contributed by atoms with Crippen LogP contribution in [0.15, 0.2) is 24.3 Å². The Morgan fingerprint density at radius 2 is 1.83 bits per heavy atom. The molecule has 1 aromatic rings. The third-order valence-electron chi connectivity index (χ3n) is 3.14. The number of hydrogen-bond acceptors (Lipinski definition) is 3. The Balaban J connectivity index is 2.54. The maximum Gasteiger partial charge on any atom is 0.315 e. The van der Waals surface area contributed by atoms with Crippen LogP contribution in [0.2, 0.25) is 0 Å². The van der Waals surface area contributed by atoms with Crippen molar-refractivity contribution >= 4 is 11.9 Å². The zero-order chi connectivity index (χ0) is 17.4. The first-order valence-corrected chi connectivity index (χ1v) is 7.77. The van der Waals surface area contributed by atoms with Gasteiger partial charge in [-0.05, 0) is 18.9 Å². The second kappa shape index (κ2) is 9.02. The van der Waals surface area contributed by atoms with Crippen molar-refractivity contribution in [3.8, 4) is 5.75 Å². The second-order valence-corrected chi connectivity index (χ2v) is 6.09. The van der Waals surface area contributed by atoms with Crippen LogP contribution >= 0.6 is 0 Å². The van der Waals surface area contributed by atoms with Crippen molar-refractivity contribution in [2.24, 2.45) is 5.92 Å². The predicted octanol–water partition coefficient (Wildman–Crippen LogP) is 2.00. The van der Waals surface area contributed by atoms with Crippen LogP contribution in [0.5, 0.6) is 5.75 Å². The lowest BCUT2D eigenvalue weighted by molar-refractivity contribution is -0.130. The fourth-order valence-electron chi connectivity index (χ4n) is 1.92. The summed E-state index contributed by atoms with van der Waals surface area (Å²) >= 11 is 0. The molecule has 0 spiro atoms. The first-order chi connectivity index (χ1) is 10.8. The van der Waals surface area contributed by atoms with E-state index in [0.29, 0.717) is 19.1 Å². The molecule has 1 unspecified atom stereocenters. The van der Waals surface area contributed by atoms with E-state index < -0.39 is 6.04 Å². The number of para-hydroxylation sites is 1. The molecule has 0 aliphatic rings. The van der Waals surface area contributed by atoms with Crippen LogP contribution in [-0.2, 0) is 11.3 Å². The van der Waals surface area contributed by atoms with E-state index in [2.05, 4.69) is 24.5 Å². The summed E-state index contributed by atoms with van der Waals surface area (Å²) in [5.41, 5.74) is 0.898. The first kappa shape index (κ1) is 18.8. The van der Waals surface area contributed by atoms with Gasteiger partial charge in [-0.25, -0.2) is 4.79 Å². The number of nitrogens with zero attached hydrogens (tertiary/aromatic N) is 1. The summed E-state index contributed by atoms with van der Waals surface area (Å²) in [4.78, 5) is 25.1. The highest BCUT2D eigenvalue weighted by Crippen LogP contribution is 2.18. The van der Waals surface area contributed by atoms with E-state index >= 15 is 0 Å². The molecule has 3 amide bonds. The smallest absolute Gasteiger partial charge is 0.315 e. The molecule has 1 atom stereocenters. The Hall–Kier alpha value is -2.24. The predicted molar refractivity (Wildman–Crippen MR) is 90.3 cm³/mol. The quantitative estimate of drug-likeness (QED) is 0.807. The largest absolute Gasteiger partial charge is 0.493 e. The summed E-state index contributed by atoms with van der Waals surface area (Å²) in [5.74, 6) is 1.04. The van der Waals surface area contributed by atoms with Gasteiger partial charge in [0, 0.05) is 26.2 Å². The number of rotatable bonds is 7. The van der Waals surface area contributed by atoms with E-state index in [1.807, 2.05) is 24.3 Å². The van der Waals surface area contributed by atoms with Crippen LogP contribution < -0.4 is 15.4 Å². The maximum absolute atomic E-state index is 11.9. The Kier molecular flexibility index (Phi) is 7.38. The molecule has 1 rings (SSSR count). The number of carbonyl (C=O) groups excluding carboxylic acids is 2. The molecule has 0 heterocycles. The molecule has 0 saturated carbocycles. The van der Waals surface area contributed by atoms with Crippen LogP contribution in [0, 0.1) is 5.92 Å². The van der Waals surface area contributed by atoms with Crippen molar-refractivity contribution in [3.63, 3.8) is 0 Å². The van der Waals surface area contributed by atoms with Gasteiger partial charge in [0.25, 0.3) is 0 Å². The summed E-state index contributed by atoms with van der Waals surface area (Å²) in [6.45, 7) is 6.77. The number of amides is 3. The minimum atomic E-state index is -0.572. The average molecular weight is 321 g/mol. The molecule has 0 saturated heterocycles. The molecule has 23 heavy (non-hydrogen) atoms. The number of hydrogen-bond donors (Lipinski definition) is 2. The summed E-state index contributed by atoms with van der Waals surface area (Å²) in [7, 11) is 3.31. The van der Waals surface area contributed by atoms with Crippen molar-refractivity contribution in [2.75, 3.05) is 20.7 Å². The van der Waals surface area contributed by atoms with Crippen LogP contribution in [0.4, 0.5) is 4.79 Å². The maximum atomic E-state index is 11.9. The lowest BCUT2D eigenvalue weighted by atomic mass is 10.2. The van der Waals surface area contributed by atoms with Gasteiger partial charge < -0.3 is 20.3 Å². The molecule has 6 nitrogen and oxygen atoms in total. The fourth-order valence-corrected chi connectivity index (χ4v) is 1.92. The monoisotopic (exact) mass is 321 g/mol. The fraction of sp³-hybridized carbons (Fsp3) is 0.529. The Morgan fingerprint density at radius 1 is 1.17 bits per heavy atom. The lowest BCUT2D eigenvalue weighted by Gasteiger charge is -2.18. The van der Waals surface area contributed by atoms with Gasteiger partial charge in [0.1, 0.15) is 11.8 Å². The highest BCUT2D eigenvalue weighted by atomic mass is 16.5. The zero-order valence-corrected chi connectivity index (χ0v) is 14.6. The lowest BCUT2D eigenvalue weighted by Crippen LogP contribution is -2.47. The highest BCUT2D eigenvalue weighted by Gasteiger charge is 2.17. The van der Waals surface area contributed by atoms with Gasteiger partial charge in [-0.3, -0.25) is 4.79 Å². The number of benzene rings is 1. The molecule has 1 aromatic carbocycles. The number of nitrogens with one attached hydrogen (secondary N) is 2. The SMILES string of the molecule is CC(C)COc1ccccc1CNC(=O)NC(C)C(=O)N(C)C. The molecule has 0 fully saturated rings. The van der Waals surface area contributed by atoms with Crippen molar-refractivity contribution in [1.29, 1.82) is 0 Å². The molecule has 0 radical (unpaired) electrons. The Labute approximate surface area is 138 Å². The zero-order valence-electron chi connectivity index (χ0n) is 14.6. The number of likely N-dealkylation sites (N-methyl/N-ethyl adjacent to an activating group) is 1. The van der Waals surface area contributed by atoms with Crippen LogP contribution in [0.25, 0.3) is 0 Å². The third-order valence-corrected chi connectivity index (χ3v) is 3.14. The summed E-state index contributed by atoms with van der Waals surface area (Å²) in [6, 6.07) is 6.63. The third kappa shape index (κ3) is 6.59. The van der Waals surface area contributed by atoms with Gasteiger partial charge in [-0.15, -0.1) is 0 Å². The Bertz CT molecular complexity index is 530. The average Bonchev–Trinajstić information content (AvgIpc) is 2.50. The molecule has 6 heteroatoms. The standard InChI is InChI=1S/C17H27N3O3/c1-12(2)11-23-15-9-7-6-8-14(15)10-18-17(22)19-13(3)16(21)20(4)5/h6-9,12-13H,10-11H2,1-5H3,(H2,18,19,22). The number of urea groups is 1. The summed E-state index contributed by atoms with van der Waals surface area (Å²) in [5, 5.41) is 5.37. The van der Waals surface area contributed by atoms with Crippen molar-refractivity contribution < 1.29 is 14.3 Å². The van der Waals surface area contributed by atoms with Crippen molar-refractivity contribution in [3.05, 3.63) is 29.8 Å². The van der Waals surface area contributed by atoms with Gasteiger partial charge >= 0.3 is 6.03 Å². The molecular formula is C17H27N3O3. The van der Waals surface area contributed by atoms with E-state index in [0.717, 1.165) is 11.3 Å². The number of carbonyl (C=O) groups is 2. The first-order valence-electron chi connectivity index (χ1n) is 7.77. The normalized spacial score (nSPS) is 11.7.